The largest absolute Gasteiger partial charge is 0.342 e. The van der Waals surface area contributed by atoms with Gasteiger partial charge in [-0.15, -0.1) is 0 Å². The molecule has 1 atom stereocenters. The molecule has 1 saturated heterocycles. The number of carbonyl (C=O) groups is 1. The molecular formula is C20H26N4O. The monoisotopic (exact) mass is 338 g/mol. The molecule has 1 unspecified atom stereocenters. The molecule has 5 nitrogen and oxygen atoms in total. The van der Waals surface area contributed by atoms with Gasteiger partial charge in [-0.25, -0.2) is 0 Å². The number of pyridine rings is 2. The lowest BCUT2D eigenvalue weighted by Crippen LogP contribution is -2.32. The highest BCUT2D eigenvalue weighted by Gasteiger charge is 2.26. The summed E-state index contributed by atoms with van der Waals surface area (Å²) in [5, 5.41) is 0. The van der Waals surface area contributed by atoms with Crippen molar-refractivity contribution < 1.29 is 4.79 Å². The summed E-state index contributed by atoms with van der Waals surface area (Å²) in [7, 11) is 2.13. The van der Waals surface area contributed by atoms with Crippen LogP contribution in [0.3, 0.4) is 0 Å². The van der Waals surface area contributed by atoms with Crippen molar-refractivity contribution in [2.75, 3.05) is 26.7 Å². The maximum absolute atomic E-state index is 12.5. The molecule has 0 saturated carbocycles. The Morgan fingerprint density at radius 2 is 2.16 bits per heavy atom. The Morgan fingerprint density at radius 1 is 1.28 bits per heavy atom. The van der Waals surface area contributed by atoms with Crippen molar-refractivity contribution in [3.8, 4) is 0 Å². The molecule has 1 amide bonds. The Kier molecular flexibility index (Phi) is 5.76. The van der Waals surface area contributed by atoms with Crippen LogP contribution in [-0.4, -0.2) is 52.4 Å². The highest BCUT2D eigenvalue weighted by molar-refractivity contribution is 5.78. The molecule has 132 valence electrons. The zero-order valence-corrected chi connectivity index (χ0v) is 15.1. The highest BCUT2D eigenvalue weighted by Crippen LogP contribution is 2.19. The van der Waals surface area contributed by atoms with Gasteiger partial charge in [0.05, 0.1) is 6.42 Å². The van der Waals surface area contributed by atoms with Crippen LogP contribution < -0.4 is 0 Å². The number of hydrogen-bond donors (Lipinski definition) is 0. The van der Waals surface area contributed by atoms with E-state index in [4.69, 9.17) is 0 Å². The van der Waals surface area contributed by atoms with Crippen LogP contribution in [0.15, 0.2) is 42.9 Å². The third-order valence-electron chi connectivity index (χ3n) is 4.71. The first kappa shape index (κ1) is 17.5. The lowest BCUT2D eigenvalue weighted by Gasteiger charge is -2.21. The van der Waals surface area contributed by atoms with Crippen molar-refractivity contribution in [3.63, 3.8) is 0 Å². The van der Waals surface area contributed by atoms with E-state index in [1.807, 2.05) is 42.4 Å². The summed E-state index contributed by atoms with van der Waals surface area (Å²) in [4.78, 5) is 25.3. The second-order valence-electron chi connectivity index (χ2n) is 7.04. The Balaban J connectivity index is 1.46. The van der Waals surface area contributed by atoms with Gasteiger partial charge in [-0.1, -0.05) is 12.1 Å². The van der Waals surface area contributed by atoms with E-state index >= 15 is 0 Å². The quantitative estimate of drug-likeness (QED) is 0.811. The third-order valence-corrected chi connectivity index (χ3v) is 4.71. The topological polar surface area (TPSA) is 49.3 Å². The second kappa shape index (κ2) is 8.21. The Bertz CT molecular complexity index is 687. The van der Waals surface area contributed by atoms with Crippen molar-refractivity contribution in [2.24, 2.45) is 5.92 Å². The molecule has 3 heterocycles. The molecule has 1 aliphatic heterocycles. The fourth-order valence-electron chi connectivity index (χ4n) is 3.41. The van der Waals surface area contributed by atoms with Gasteiger partial charge in [-0.05, 0) is 49.6 Å². The first-order valence-electron chi connectivity index (χ1n) is 8.87. The summed E-state index contributed by atoms with van der Waals surface area (Å²) in [6.45, 7) is 5.58. The molecule has 0 radical (unpaired) electrons. The van der Waals surface area contributed by atoms with E-state index in [9.17, 15) is 4.79 Å². The predicted molar refractivity (Wildman–Crippen MR) is 97.9 cm³/mol. The number of nitrogens with zero attached hydrogens (tertiary/aromatic N) is 4. The summed E-state index contributed by atoms with van der Waals surface area (Å²) in [6.07, 6.45) is 7.05. The van der Waals surface area contributed by atoms with Gasteiger partial charge in [-0.2, -0.15) is 0 Å². The van der Waals surface area contributed by atoms with Crippen LogP contribution in [-0.2, 0) is 17.8 Å². The molecular weight excluding hydrogens is 312 g/mol. The van der Waals surface area contributed by atoms with Crippen LogP contribution >= 0.6 is 0 Å². The van der Waals surface area contributed by atoms with Gasteiger partial charge in [0.15, 0.2) is 0 Å². The van der Waals surface area contributed by atoms with Crippen LogP contribution in [0.5, 0.6) is 0 Å². The Hall–Kier alpha value is -2.27. The standard InChI is InChI=1S/C20H26N4O/c1-16-5-6-17(12-22-16)10-20(25)24-9-7-19(15-24)14-23(2)13-18-4-3-8-21-11-18/h3-6,8,11-12,19H,7,9-10,13-15H2,1-2H3. The van der Waals surface area contributed by atoms with E-state index in [0.717, 1.165) is 43.9 Å². The lowest BCUT2D eigenvalue weighted by molar-refractivity contribution is -0.129. The van der Waals surface area contributed by atoms with E-state index in [-0.39, 0.29) is 5.91 Å². The molecule has 5 heteroatoms. The van der Waals surface area contributed by atoms with Crippen molar-refractivity contribution in [1.82, 2.24) is 19.8 Å². The minimum atomic E-state index is 0.211. The van der Waals surface area contributed by atoms with Crippen molar-refractivity contribution in [2.45, 2.75) is 26.3 Å². The van der Waals surface area contributed by atoms with Gasteiger partial charge in [0, 0.05) is 50.5 Å². The molecule has 25 heavy (non-hydrogen) atoms. The van der Waals surface area contributed by atoms with Crippen LogP contribution in [0.2, 0.25) is 0 Å². The molecule has 2 aromatic rings. The fraction of sp³-hybridized carbons (Fsp3) is 0.450. The van der Waals surface area contributed by atoms with Gasteiger partial charge >= 0.3 is 0 Å². The molecule has 0 bridgehead atoms. The molecule has 0 aromatic carbocycles. The molecule has 2 aromatic heterocycles. The smallest absolute Gasteiger partial charge is 0.227 e. The van der Waals surface area contributed by atoms with Crippen LogP contribution in [0.25, 0.3) is 0 Å². The molecule has 0 spiro atoms. The molecule has 3 rings (SSSR count). The van der Waals surface area contributed by atoms with Gasteiger partial charge in [-0.3, -0.25) is 14.8 Å². The molecule has 1 fully saturated rings. The number of likely N-dealkylation sites (tertiary alicyclic amines) is 1. The highest BCUT2D eigenvalue weighted by atomic mass is 16.2. The van der Waals surface area contributed by atoms with E-state index in [1.54, 1.807) is 6.20 Å². The Morgan fingerprint density at radius 3 is 2.88 bits per heavy atom. The maximum Gasteiger partial charge on any atom is 0.227 e. The lowest BCUT2D eigenvalue weighted by atomic mass is 10.1. The van der Waals surface area contributed by atoms with Gasteiger partial charge in [0.25, 0.3) is 0 Å². The van der Waals surface area contributed by atoms with Crippen molar-refractivity contribution in [1.29, 1.82) is 0 Å². The minimum Gasteiger partial charge on any atom is -0.342 e. The van der Waals surface area contributed by atoms with E-state index in [1.165, 1.54) is 5.56 Å². The van der Waals surface area contributed by atoms with Crippen molar-refractivity contribution >= 4 is 5.91 Å². The summed E-state index contributed by atoms with van der Waals surface area (Å²) < 4.78 is 0. The normalized spacial score (nSPS) is 17.2. The number of aromatic nitrogens is 2. The van der Waals surface area contributed by atoms with Crippen LogP contribution in [0.1, 0.15) is 23.2 Å². The summed E-state index contributed by atoms with van der Waals surface area (Å²) in [6, 6.07) is 8.03. The number of amides is 1. The Labute approximate surface area is 149 Å². The van der Waals surface area contributed by atoms with Crippen molar-refractivity contribution in [3.05, 3.63) is 59.7 Å². The first-order valence-corrected chi connectivity index (χ1v) is 8.87. The molecule has 0 aliphatic carbocycles. The van der Waals surface area contributed by atoms with E-state index < -0.39 is 0 Å². The first-order chi connectivity index (χ1) is 12.1. The number of aryl methyl sites for hydroxylation is 1. The zero-order valence-electron chi connectivity index (χ0n) is 15.1. The van der Waals surface area contributed by atoms with Gasteiger partial charge in [0.1, 0.15) is 0 Å². The number of carbonyl (C=O) groups excluding carboxylic acids is 1. The average molecular weight is 338 g/mol. The SMILES string of the molecule is Cc1ccc(CC(=O)N2CCC(CN(C)Cc3cccnc3)C2)cn1. The van der Waals surface area contributed by atoms with Crippen LogP contribution in [0, 0.1) is 12.8 Å². The predicted octanol–water partition coefficient (Wildman–Crippen LogP) is 2.31. The number of rotatable bonds is 6. The van der Waals surface area contributed by atoms with Crippen LogP contribution in [0.4, 0.5) is 0 Å². The van der Waals surface area contributed by atoms with E-state index in [0.29, 0.717) is 12.3 Å². The number of hydrogen-bond acceptors (Lipinski definition) is 4. The average Bonchev–Trinajstić information content (AvgIpc) is 3.06. The van der Waals surface area contributed by atoms with E-state index in [2.05, 4.69) is 28.0 Å². The minimum absolute atomic E-state index is 0.211. The molecule has 1 aliphatic rings. The molecule has 0 N–H and O–H groups in total. The fourth-order valence-corrected chi connectivity index (χ4v) is 3.41. The van der Waals surface area contributed by atoms with Gasteiger partial charge in [0.2, 0.25) is 5.91 Å². The second-order valence-corrected chi connectivity index (χ2v) is 7.04. The summed E-state index contributed by atoms with van der Waals surface area (Å²) >= 11 is 0. The summed E-state index contributed by atoms with van der Waals surface area (Å²) in [5.74, 6) is 0.754. The maximum atomic E-state index is 12.5. The third kappa shape index (κ3) is 5.10. The zero-order chi connectivity index (χ0) is 17.6. The summed E-state index contributed by atoms with van der Waals surface area (Å²) in [5.41, 5.74) is 3.20. The van der Waals surface area contributed by atoms with Gasteiger partial charge < -0.3 is 9.80 Å².